The summed E-state index contributed by atoms with van der Waals surface area (Å²) in [5.41, 5.74) is 1.52. The molecule has 0 spiro atoms. The highest BCUT2D eigenvalue weighted by atomic mass is 79.9. The van der Waals surface area contributed by atoms with Crippen LogP contribution < -0.4 is 0 Å². The average Bonchev–Trinajstić information content (AvgIpc) is 2.69. The molecule has 1 aliphatic heterocycles. The van der Waals surface area contributed by atoms with Crippen LogP contribution in [0.5, 0.6) is 0 Å². The molecule has 0 N–H and O–H groups in total. The molecule has 1 fully saturated rings. The molecule has 1 nitrogen and oxygen atoms in total. The molecule has 0 amide bonds. The monoisotopic (exact) mass is 320 g/mol. The molecular weight excluding hydrogens is 306 g/mol. The second-order valence-electron chi connectivity index (χ2n) is 4.63. The molecule has 17 heavy (non-hydrogen) atoms. The maximum atomic E-state index is 13.3. The molecule has 1 aliphatic rings. The van der Waals surface area contributed by atoms with Crippen LogP contribution in [0.15, 0.2) is 12.1 Å². The van der Waals surface area contributed by atoms with E-state index in [2.05, 4.69) is 22.9 Å². The van der Waals surface area contributed by atoms with Crippen LogP contribution in [0, 0.1) is 18.7 Å². The van der Waals surface area contributed by atoms with Crippen molar-refractivity contribution in [1.29, 1.82) is 0 Å². The topological polar surface area (TPSA) is 9.23 Å². The van der Waals surface area contributed by atoms with Crippen LogP contribution >= 0.6 is 27.5 Å². The zero-order valence-electron chi connectivity index (χ0n) is 9.84. The molecule has 0 saturated carbocycles. The summed E-state index contributed by atoms with van der Waals surface area (Å²) in [5.74, 6) is 0.222. The summed E-state index contributed by atoms with van der Waals surface area (Å²) >= 11 is 9.73. The molecule has 3 unspecified atom stereocenters. The number of aryl methyl sites for hydroxylation is 1. The Bertz CT molecular complexity index is 424. The van der Waals surface area contributed by atoms with Crippen molar-refractivity contribution < 1.29 is 9.13 Å². The number of alkyl halides is 1. The van der Waals surface area contributed by atoms with Gasteiger partial charge in [0.05, 0.1) is 10.9 Å². The lowest BCUT2D eigenvalue weighted by Gasteiger charge is -2.22. The highest BCUT2D eigenvalue weighted by molar-refractivity contribution is 9.09. The minimum absolute atomic E-state index is 0.0202. The van der Waals surface area contributed by atoms with E-state index in [-0.39, 0.29) is 16.7 Å². The fraction of sp³-hybridized carbons (Fsp3) is 0.538. The van der Waals surface area contributed by atoms with E-state index in [1.807, 2.05) is 0 Å². The van der Waals surface area contributed by atoms with Crippen molar-refractivity contribution in [1.82, 2.24) is 0 Å². The predicted octanol–water partition coefficient (Wildman–Crippen LogP) is 4.65. The van der Waals surface area contributed by atoms with Gasteiger partial charge in [-0.2, -0.15) is 0 Å². The van der Waals surface area contributed by atoms with Crippen LogP contribution in [0.3, 0.4) is 0 Å². The van der Waals surface area contributed by atoms with Gasteiger partial charge >= 0.3 is 0 Å². The molecular formula is C13H15BrClFO. The van der Waals surface area contributed by atoms with E-state index in [9.17, 15) is 4.39 Å². The van der Waals surface area contributed by atoms with Gasteiger partial charge in [0.25, 0.3) is 0 Å². The van der Waals surface area contributed by atoms with Gasteiger partial charge < -0.3 is 4.74 Å². The van der Waals surface area contributed by atoms with Gasteiger partial charge in [-0.3, -0.25) is 0 Å². The summed E-state index contributed by atoms with van der Waals surface area (Å²) in [7, 11) is 0. The minimum atomic E-state index is -0.265. The first-order chi connectivity index (χ1) is 8.00. The van der Waals surface area contributed by atoms with Crippen molar-refractivity contribution >= 4 is 27.5 Å². The zero-order chi connectivity index (χ0) is 12.6. The molecule has 1 saturated heterocycles. The van der Waals surface area contributed by atoms with Gasteiger partial charge in [0, 0.05) is 11.6 Å². The predicted molar refractivity (Wildman–Crippen MR) is 71.3 cm³/mol. The van der Waals surface area contributed by atoms with E-state index in [0.717, 1.165) is 18.6 Å². The first-order valence-electron chi connectivity index (χ1n) is 5.72. The second kappa shape index (κ2) is 5.25. The molecule has 1 aromatic rings. The van der Waals surface area contributed by atoms with Crippen LogP contribution in [0.2, 0.25) is 5.02 Å². The van der Waals surface area contributed by atoms with E-state index in [1.54, 1.807) is 13.0 Å². The minimum Gasteiger partial charge on any atom is -0.376 e. The molecule has 94 valence electrons. The highest BCUT2D eigenvalue weighted by Crippen LogP contribution is 2.40. The molecule has 0 aromatic heterocycles. The SMILES string of the molecule is Cc1cc(C(Br)C2OCCC2C)c(Cl)cc1F. The van der Waals surface area contributed by atoms with Gasteiger partial charge in [0.2, 0.25) is 0 Å². The van der Waals surface area contributed by atoms with E-state index in [4.69, 9.17) is 16.3 Å². The van der Waals surface area contributed by atoms with Crippen LogP contribution in [0.25, 0.3) is 0 Å². The lowest BCUT2D eigenvalue weighted by molar-refractivity contribution is 0.0935. The zero-order valence-corrected chi connectivity index (χ0v) is 12.2. The Labute approximate surface area is 114 Å². The van der Waals surface area contributed by atoms with Crippen molar-refractivity contribution in [2.75, 3.05) is 6.61 Å². The molecule has 0 bridgehead atoms. The van der Waals surface area contributed by atoms with E-state index < -0.39 is 0 Å². The highest BCUT2D eigenvalue weighted by Gasteiger charge is 2.32. The number of halogens is 3. The fourth-order valence-electron chi connectivity index (χ4n) is 2.16. The smallest absolute Gasteiger partial charge is 0.127 e. The summed E-state index contributed by atoms with van der Waals surface area (Å²) in [6.45, 7) is 4.69. The molecule has 1 heterocycles. The Morgan fingerprint density at radius 3 is 2.82 bits per heavy atom. The molecule has 1 aromatic carbocycles. The molecule has 4 heteroatoms. The van der Waals surface area contributed by atoms with Crippen molar-refractivity contribution in [3.8, 4) is 0 Å². The average molecular weight is 322 g/mol. The summed E-state index contributed by atoms with van der Waals surface area (Å²) in [6, 6.07) is 3.17. The van der Waals surface area contributed by atoms with E-state index in [1.165, 1.54) is 6.07 Å². The summed E-state index contributed by atoms with van der Waals surface area (Å²) < 4.78 is 19.1. The maximum Gasteiger partial charge on any atom is 0.127 e. The Morgan fingerprint density at radius 1 is 1.53 bits per heavy atom. The molecule has 2 rings (SSSR count). The Hall–Kier alpha value is -0.120. The van der Waals surface area contributed by atoms with Crippen molar-refractivity contribution in [2.24, 2.45) is 5.92 Å². The number of hydrogen-bond donors (Lipinski definition) is 0. The summed E-state index contributed by atoms with van der Waals surface area (Å²) in [5, 5.41) is 0.456. The number of benzene rings is 1. The van der Waals surface area contributed by atoms with Crippen molar-refractivity contribution in [3.63, 3.8) is 0 Å². The normalized spacial score (nSPS) is 26.2. The summed E-state index contributed by atoms with van der Waals surface area (Å²) in [6.07, 6.45) is 1.17. The van der Waals surface area contributed by atoms with Crippen LogP contribution in [-0.2, 0) is 4.74 Å². The van der Waals surface area contributed by atoms with Crippen LogP contribution in [-0.4, -0.2) is 12.7 Å². The van der Waals surface area contributed by atoms with Gasteiger partial charge in [-0.05, 0) is 36.5 Å². The van der Waals surface area contributed by atoms with Gasteiger partial charge in [0.15, 0.2) is 0 Å². The van der Waals surface area contributed by atoms with Crippen LogP contribution in [0.4, 0.5) is 4.39 Å². The van der Waals surface area contributed by atoms with Gasteiger partial charge in [-0.15, -0.1) is 0 Å². The molecule has 3 atom stereocenters. The van der Waals surface area contributed by atoms with Crippen LogP contribution in [0.1, 0.15) is 29.3 Å². The van der Waals surface area contributed by atoms with Crippen molar-refractivity contribution in [3.05, 3.63) is 34.1 Å². The van der Waals surface area contributed by atoms with Gasteiger partial charge in [0.1, 0.15) is 5.82 Å². The van der Waals surface area contributed by atoms with Gasteiger partial charge in [-0.1, -0.05) is 40.5 Å². The Morgan fingerprint density at radius 2 is 2.24 bits per heavy atom. The third kappa shape index (κ3) is 2.67. The number of ether oxygens (including phenoxy) is 1. The number of rotatable bonds is 2. The number of hydrogen-bond acceptors (Lipinski definition) is 1. The van der Waals surface area contributed by atoms with Crippen molar-refractivity contribution in [2.45, 2.75) is 31.2 Å². The van der Waals surface area contributed by atoms with E-state index >= 15 is 0 Å². The lowest BCUT2D eigenvalue weighted by Crippen LogP contribution is -2.19. The largest absolute Gasteiger partial charge is 0.376 e. The standard InChI is InChI=1S/C13H15BrClFO/c1-7-3-4-17-13(7)12(14)9-5-8(2)11(16)6-10(9)15/h5-7,12-13H,3-4H2,1-2H3. The molecule has 0 aliphatic carbocycles. The first kappa shape index (κ1) is 13.3. The Balaban J connectivity index is 2.30. The van der Waals surface area contributed by atoms with E-state index in [0.29, 0.717) is 16.5 Å². The van der Waals surface area contributed by atoms with Gasteiger partial charge in [-0.25, -0.2) is 4.39 Å². The second-order valence-corrected chi connectivity index (χ2v) is 6.02. The lowest BCUT2D eigenvalue weighted by atomic mass is 9.96. The molecule has 0 radical (unpaired) electrons. The Kier molecular flexibility index (Phi) is 4.11. The maximum absolute atomic E-state index is 13.3. The third-order valence-electron chi connectivity index (χ3n) is 3.31. The summed E-state index contributed by atoms with van der Waals surface area (Å²) in [4.78, 5) is 0.0202. The fourth-order valence-corrected chi connectivity index (χ4v) is 3.61. The third-order valence-corrected chi connectivity index (χ3v) is 4.65. The quantitative estimate of drug-likeness (QED) is 0.721. The first-order valence-corrected chi connectivity index (χ1v) is 7.01.